The van der Waals surface area contributed by atoms with Crippen molar-refractivity contribution < 1.29 is 0 Å². The third kappa shape index (κ3) is 5.48. The summed E-state index contributed by atoms with van der Waals surface area (Å²) in [4.78, 5) is 1.14. The third-order valence-electron chi connectivity index (χ3n) is 1.97. The van der Waals surface area contributed by atoms with Crippen molar-refractivity contribution in [3.63, 3.8) is 0 Å². The van der Waals surface area contributed by atoms with Gasteiger partial charge in [-0.2, -0.15) is 0 Å². The van der Waals surface area contributed by atoms with Gasteiger partial charge in [-0.15, -0.1) is 11.8 Å². The van der Waals surface area contributed by atoms with Crippen LogP contribution >= 0.6 is 11.8 Å². The van der Waals surface area contributed by atoms with Crippen LogP contribution in [0.5, 0.6) is 0 Å². The quantitative estimate of drug-likeness (QED) is 0.418. The van der Waals surface area contributed by atoms with E-state index in [4.69, 9.17) is 0 Å². The van der Waals surface area contributed by atoms with Crippen molar-refractivity contribution >= 4 is 11.8 Å². The monoisotopic (exact) mass is 184 g/mol. The molecule has 0 aliphatic carbocycles. The Hall–Kier alpha value is -0.170. The fourth-order valence-corrected chi connectivity index (χ4v) is 1.44. The fourth-order valence-electron chi connectivity index (χ4n) is 1.05. The van der Waals surface area contributed by atoms with E-state index in [-0.39, 0.29) is 0 Å². The number of rotatable bonds is 7. The number of allylic oxidation sites excluding steroid dienone is 1. The average Bonchev–Trinajstić information content (AvgIpc) is 2.10. The molecule has 12 heavy (non-hydrogen) atoms. The van der Waals surface area contributed by atoms with Crippen molar-refractivity contribution in [2.45, 2.75) is 39.0 Å². The Morgan fingerprint density at radius 3 is 2.33 bits per heavy atom. The van der Waals surface area contributed by atoms with E-state index in [1.54, 1.807) is 11.8 Å². The van der Waals surface area contributed by atoms with E-state index in [9.17, 15) is 0 Å². The van der Waals surface area contributed by atoms with E-state index in [1.165, 1.54) is 31.3 Å². The Bertz CT molecular complexity index is 147. The maximum atomic E-state index is 4.00. The molecule has 0 spiro atoms. The van der Waals surface area contributed by atoms with E-state index in [1.807, 2.05) is 0 Å². The van der Waals surface area contributed by atoms with Crippen LogP contribution in [0.3, 0.4) is 0 Å². The first-order chi connectivity index (χ1) is 5.72. The average molecular weight is 184 g/mol. The summed E-state index contributed by atoms with van der Waals surface area (Å²) in [6, 6.07) is 0. The van der Waals surface area contributed by atoms with Gasteiger partial charge in [0.1, 0.15) is 0 Å². The van der Waals surface area contributed by atoms with Crippen LogP contribution in [0.4, 0.5) is 0 Å². The minimum atomic E-state index is 1.12. The highest BCUT2D eigenvalue weighted by Crippen LogP contribution is 2.22. The van der Waals surface area contributed by atoms with Gasteiger partial charge in [0, 0.05) is 4.91 Å². The van der Waals surface area contributed by atoms with Crippen LogP contribution in [0.15, 0.2) is 23.6 Å². The van der Waals surface area contributed by atoms with Gasteiger partial charge in [-0.1, -0.05) is 39.3 Å². The van der Waals surface area contributed by atoms with Crippen molar-refractivity contribution in [1.82, 2.24) is 0 Å². The molecule has 0 aliphatic heterocycles. The van der Waals surface area contributed by atoms with Gasteiger partial charge >= 0.3 is 0 Å². The van der Waals surface area contributed by atoms with Gasteiger partial charge in [-0.05, 0) is 24.7 Å². The summed E-state index contributed by atoms with van der Waals surface area (Å²) < 4.78 is 0. The number of hydrogen-bond donors (Lipinski definition) is 0. The molecule has 0 nitrogen and oxygen atoms in total. The van der Waals surface area contributed by atoms with Crippen molar-refractivity contribution in [2.24, 2.45) is 0 Å². The molecule has 0 unspecified atom stereocenters. The number of hydrogen-bond acceptors (Lipinski definition) is 1. The summed E-state index contributed by atoms with van der Waals surface area (Å²) in [6.45, 7) is 10.2. The molecule has 0 aliphatic rings. The second-order valence-corrected chi connectivity index (χ2v) is 3.94. The van der Waals surface area contributed by atoms with Gasteiger partial charge in [0.15, 0.2) is 0 Å². The lowest BCUT2D eigenvalue weighted by atomic mass is 10.1. The van der Waals surface area contributed by atoms with Crippen molar-refractivity contribution in [2.75, 3.05) is 6.26 Å². The van der Waals surface area contributed by atoms with Crippen molar-refractivity contribution in [3.05, 3.63) is 23.6 Å². The van der Waals surface area contributed by atoms with Crippen molar-refractivity contribution in [3.8, 4) is 0 Å². The van der Waals surface area contributed by atoms with Crippen LogP contribution < -0.4 is 0 Å². The smallest absolute Gasteiger partial charge is 0.00233 e. The second-order valence-electron chi connectivity index (χ2n) is 3.04. The number of thioether (sulfide) groups is 1. The molecule has 0 saturated carbocycles. The molecule has 0 saturated heterocycles. The standard InChI is InChI=1S/C11H20S/c1-5-6-7-8-9-10(2)11(3)12-4/h2-3,5-9H2,1,4H3. The van der Waals surface area contributed by atoms with Crippen LogP contribution in [0.1, 0.15) is 39.0 Å². The fraction of sp³-hybridized carbons (Fsp3) is 0.636. The molecule has 0 heterocycles. The zero-order chi connectivity index (χ0) is 9.40. The maximum absolute atomic E-state index is 4.00. The Labute approximate surface area is 81.1 Å². The summed E-state index contributed by atoms with van der Waals surface area (Å²) in [5.41, 5.74) is 1.22. The second kappa shape index (κ2) is 7.48. The van der Waals surface area contributed by atoms with E-state index in [0.717, 1.165) is 11.3 Å². The highest BCUT2D eigenvalue weighted by atomic mass is 32.2. The molecule has 0 fully saturated rings. The zero-order valence-electron chi connectivity index (χ0n) is 8.36. The number of unbranched alkanes of at least 4 members (excludes halogenated alkanes) is 3. The van der Waals surface area contributed by atoms with Crippen LogP contribution in [0.2, 0.25) is 0 Å². The summed E-state index contributed by atoms with van der Waals surface area (Å²) in [6.07, 6.45) is 8.43. The minimum Gasteiger partial charge on any atom is -0.130 e. The molecule has 0 N–H and O–H groups in total. The van der Waals surface area contributed by atoms with E-state index in [0.29, 0.717) is 0 Å². The molecule has 0 aromatic carbocycles. The molecule has 0 amide bonds. The summed E-state index contributed by atoms with van der Waals surface area (Å²) in [5, 5.41) is 0. The van der Waals surface area contributed by atoms with Gasteiger partial charge in [-0.25, -0.2) is 0 Å². The van der Waals surface area contributed by atoms with Crippen molar-refractivity contribution in [1.29, 1.82) is 0 Å². The van der Waals surface area contributed by atoms with Gasteiger partial charge in [0.25, 0.3) is 0 Å². The normalized spacial score (nSPS) is 9.83. The Kier molecular flexibility index (Phi) is 7.37. The molecular weight excluding hydrogens is 164 g/mol. The third-order valence-corrected chi connectivity index (χ3v) is 2.75. The first-order valence-electron chi connectivity index (χ1n) is 4.63. The lowest BCUT2D eigenvalue weighted by molar-refractivity contribution is 0.668. The van der Waals surface area contributed by atoms with Crippen LogP contribution in [-0.2, 0) is 0 Å². The van der Waals surface area contributed by atoms with E-state index < -0.39 is 0 Å². The molecule has 70 valence electrons. The highest BCUT2D eigenvalue weighted by Gasteiger charge is 1.97. The topological polar surface area (TPSA) is 0 Å². The summed E-state index contributed by atoms with van der Waals surface area (Å²) >= 11 is 1.70. The largest absolute Gasteiger partial charge is 0.130 e. The van der Waals surface area contributed by atoms with E-state index >= 15 is 0 Å². The molecular formula is C11H20S. The first-order valence-corrected chi connectivity index (χ1v) is 5.85. The van der Waals surface area contributed by atoms with Gasteiger partial charge in [0.05, 0.1) is 0 Å². The highest BCUT2D eigenvalue weighted by molar-refractivity contribution is 8.02. The van der Waals surface area contributed by atoms with Gasteiger partial charge in [0.2, 0.25) is 0 Å². The Morgan fingerprint density at radius 2 is 1.83 bits per heavy atom. The molecule has 1 heteroatoms. The first kappa shape index (κ1) is 11.8. The zero-order valence-corrected chi connectivity index (χ0v) is 9.17. The van der Waals surface area contributed by atoms with Crippen LogP contribution in [0, 0.1) is 0 Å². The molecule has 0 rings (SSSR count). The van der Waals surface area contributed by atoms with Gasteiger partial charge < -0.3 is 0 Å². The predicted octanol–water partition coefficient (Wildman–Crippen LogP) is 4.39. The molecule has 0 atom stereocenters. The maximum Gasteiger partial charge on any atom is 0.00233 e. The SMILES string of the molecule is C=C(CCCCCC)C(=C)SC. The predicted molar refractivity (Wildman–Crippen MR) is 60.6 cm³/mol. The van der Waals surface area contributed by atoms with Gasteiger partial charge in [-0.3, -0.25) is 0 Å². The molecule has 0 bridgehead atoms. The van der Waals surface area contributed by atoms with Crippen LogP contribution in [0.25, 0.3) is 0 Å². The lowest BCUT2D eigenvalue weighted by Crippen LogP contribution is -1.83. The summed E-state index contributed by atoms with van der Waals surface area (Å²) in [7, 11) is 0. The Morgan fingerprint density at radius 1 is 1.17 bits per heavy atom. The lowest BCUT2D eigenvalue weighted by Gasteiger charge is -2.05. The van der Waals surface area contributed by atoms with E-state index in [2.05, 4.69) is 26.3 Å². The molecule has 0 aromatic rings. The molecule has 0 radical (unpaired) electrons. The summed E-state index contributed by atoms with van der Waals surface area (Å²) in [5.74, 6) is 0. The van der Waals surface area contributed by atoms with Crippen LogP contribution in [-0.4, -0.2) is 6.26 Å². The molecule has 0 aromatic heterocycles. The minimum absolute atomic E-state index is 1.12. The Balaban J connectivity index is 3.38.